The molecule has 0 saturated carbocycles. The van der Waals surface area contributed by atoms with Gasteiger partial charge in [-0.3, -0.25) is 4.79 Å². The Morgan fingerprint density at radius 1 is 1.16 bits per heavy atom. The summed E-state index contributed by atoms with van der Waals surface area (Å²) in [6.07, 6.45) is 1.39. The minimum Gasteiger partial charge on any atom is -0.468 e. The molecule has 0 fully saturated rings. The fourth-order valence-electron chi connectivity index (χ4n) is 2.32. The lowest BCUT2D eigenvalue weighted by molar-refractivity contribution is -0.123. The third kappa shape index (κ3) is 5.72. The molecule has 6 nitrogen and oxygen atoms in total. The molecule has 25 heavy (non-hydrogen) atoms. The second-order valence-electron chi connectivity index (χ2n) is 7.00. The van der Waals surface area contributed by atoms with Crippen LogP contribution in [0.1, 0.15) is 44.6 Å². The summed E-state index contributed by atoms with van der Waals surface area (Å²) in [6, 6.07) is 9.03. The second kappa shape index (κ2) is 7.41. The van der Waals surface area contributed by atoms with Crippen molar-refractivity contribution in [3.63, 3.8) is 0 Å². The molecule has 0 aliphatic heterocycles. The Morgan fingerprint density at radius 2 is 1.80 bits per heavy atom. The van der Waals surface area contributed by atoms with Gasteiger partial charge in [0.05, 0.1) is 23.6 Å². The number of nitrogens with one attached hydrogen (secondary N) is 2. The molecule has 2 rings (SSSR count). The number of rotatable bonds is 6. The number of aryl methyl sites for hydroxylation is 1. The number of carbonyl (C=O) groups excluding carboxylic acids is 1. The lowest BCUT2D eigenvalue weighted by Crippen LogP contribution is -2.42. The molecule has 136 valence electrons. The van der Waals surface area contributed by atoms with Crippen molar-refractivity contribution < 1.29 is 17.6 Å². The Kier molecular flexibility index (Phi) is 5.69. The lowest BCUT2D eigenvalue weighted by atomic mass is 10.1. The first-order valence-corrected chi connectivity index (χ1v) is 9.48. The SMILES string of the molecule is Cc1ccc(S(=O)(=O)NC(CC(=O)NC(C)(C)C)c2ccco2)cc1. The van der Waals surface area contributed by atoms with Crippen molar-refractivity contribution in [2.45, 2.75) is 50.6 Å². The average Bonchev–Trinajstić information content (AvgIpc) is 2.99. The highest BCUT2D eigenvalue weighted by Crippen LogP contribution is 2.21. The van der Waals surface area contributed by atoms with Crippen LogP contribution in [0, 0.1) is 6.92 Å². The zero-order chi connectivity index (χ0) is 18.7. The van der Waals surface area contributed by atoms with Gasteiger partial charge in [-0.15, -0.1) is 0 Å². The first-order valence-electron chi connectivity index (χ1n) is 8.00. The highest BCUT2D eigenvalue weighted by atomic mass is 32.2. The topological polar surface area (TPSA) is 88.4 Å². The number of hydrogen-bond donors (Lipinski definition) is 2. The largest absolute Gasteiger partial charge is 0.468 e. The molecule has 1 atom stereocenters. The Morgan fingerprint density at radius 3 is 2.32 bits per heavy atom. The van der Waals surface area contributed by atoms with E-state index in [0.717, 1.165) is 5.56 Å². The molecule has 0 bridgehead atoms. The van der Waals surface area contributed by atoms with Gasteiger partial charge in [-0.1, -0.05) is 17.7 Å². The van der Waals surface area contributed by atoms with Crippen molar-refractivity contribution >= 4 is 15.9 Å². The summed E-state index contributed by atoms with van der Waals surface area (Å²) in [7, 11) is -3.78. The van der Waals surface area contributed by atoms with E-state index in [9.17, 15) is 13.2 Å². The van der Waals surface area contributed by atoms with Crippen LogP contribution in [-0.2, 0) is 14.8 Å². The fourth-order valence-corrected chi connectivity index (χ4v) is 3.52. The minimum absolute atomic E-state index is 0.0596. The van der Waals surface area contributed by atoms with Crippen LogP contribution in [0.15, 0.2) is 52.0 Å². The highest BCUT2D eigenvalue weighted by Gasteiger charge is 2.26. The molecular weight excluding hydrogens is 340 g/mol. The van der Waals surface area contributed by atoms with Gasteiger partial charge in [-0.2, -0.15) is 4.72 Å². The molecule has 2 N–H and O–H groups in total. The summed E-state index contributed by atoms with van der Waals surface area (Å²) >= 11 is 0. The molecule has 0 radical (unpaired) electrons. The number of benzene rings is 1. The predicted octanol–water partition coefficient (Wildman–Crippen LogP) is 2.91. The number of sulfonamides is 1. The lowest BCUT2D eigenvalue weighted by Gasteiger charge is -2.23. The van der Waals surface area contributed by atoms with E-state index in [1.54, 1.807) is 24.3 Å². The molecule has 0 aliphatic rings. The van der Waals surface area contributed by atoms with Crippen LogP contribution in [0.5, 0.6) is 0 Å². The summed E-state index contributed by atoms with van der Waals surface area (Å²) < 4.78 is 33.1. The molecule has 1 heterocycles. The van der Waals surface area contributed by atoms with Crippen molar-refractivity contribution in [1.29, 1.82) is 0 Å². The van der Waals surface area contributed by atoms with Gasteiger partial charge in [0.15, 0.2) is 0 Å². The van der Waals surface area contributed by atoms with E-state index in [-0.39, 0.29) is 17.2 Å². The van der Waals surface area contributed by atoms with Crippen molar-refractivity contribution in [3.05, 3.63) is 54.0 Å². The summed E-state index contributed by atoms with van der Waals surface area (Å²) in [5.74, 6) is 0.125. The van der Waals surface area contributed by atoms with Gasteiger partial charge < -0.3 is 9.73 Å². The first-order chi connectivity index (χ1) is 11.6. The highest BCUT2D eigenvalue weighted by molar-refractivity contribution is 7.89. The minimum atomic E-state index is -3.78. The summed E-state index contributed by atoms with van der Waals surface area (Å²) in [6.45, 7) is 7.47. The first kappa shape index (κ1) is 19.2. The van der Waals surface area contributed by atoms with Crippen molar-refractivity contribution in [2.24, 2.45) is 0 Å². The van der Waals surface area contributed by atoms with Crippen LogP contribution in [0.25, 0.3) is 0 Å². The van der Waals surface area contributed by atoms with Crippen molar-refractivity contribution in [3.8, 4) is 0 Å². The van der Waals surface area contributed by atoms with Crippen molar-refractivity contribution in [1.82, 2.24) is 10.0 Å². The maximum atomic E-state index is 12.6. The molecule has 0 saturated heterocycles. The Balaban J connectivity index is 2.22. The van der Waals surface area contributed by atoms with Crippen LogP contribution in [0.3, 0.4) is 0 Å². The molecule has 0 spiro atoms. The number of hydrogen-bond acceptors (Lipinski definition) is 4. The van der Waals surface area contributed by atoms with Crippen molar-refractivity contribution in [2.75, 3.05) is 0 Å². The maximum absolute atomic E-state index is 12.6. The standard InChI is InChI=1S/C18H24N2O4S/c1-13-7-9-14(10-8-13)25(22,23)20-15(16-6-5-11-24-16)12-17(21)19-18(2,3)4/h5-11,15,20H,12H2,1-4H3,(H,19,21). The van der Waals surface area contributed by atoms with E-state index in [1.165, 1.54) is 18.4 Å². The van der Waals surface area contributed by atoms with Crippen LogP contribution >= 0.6 is 0 Å². The van der Waals surface area contributed by atoms with Gasteiger partial charge in [0.25, 0.3) is 0 Å². The quantitative estimate of drug-likeness (QED) is 0.825. The summed E-state index contributed by atoms with van der Waals surface area (Å²) in [5.41, 5.74) is 0.562. The Bertz CT molecular complexity index is 804. The van der Waals surface area contributed by atoms with Gasteiger partial charge in [-0.05, 0) is 52.0 Å². The van der Waals surface area contributed by atoms with E-state index >= 15 is 0 Å². The third-order valence-corrected chi connectivity index (χ3v) is 4.91. The molecule has 0 aliphatic carbocycles. The molecule has 1 unspecified atom stereocenters. The average molecular weight is 364 g/mol. The van der Waals surface area contributed by atoms with E-state index < -0.39 is 21.6 Å². The summed E-state index contributed by atoms with van der Waals surface area (Å²) in [4.78, 5) is 12.4. The molecule has 1 amide bonds. The van der Waals surface area contributed by atoms with Crippen LogP contribution < -0.4 is 10.0 Å². The molecule has 1 aromatic carbocycles. The zero-order valence-electron chi connectivity index (χ0n) is 14.9. The zero-order valence-corrected chi connectivity index (χ0v) is 15.7. The predicted molar refractivity (Wildman–Crippen MR) is 95.5 cm³/mol. The van der Waals surface area contributed by atoms with E-state index in [0.29, 0.717) is 5.76 Å². The van der Waals surface area contributed by atoms with Gasteiger partial charge in [0.2, 0.25) is 15.9 Å². The fraction of sp³-hybridized carbons (Fsp3) is 0.389. The van der Waals surface area contributed by atoms with Gasteiger partial charge in [-0.25, -0.2) is 8.42 Å². The normalized spacial score (nSPS) is 13.4. The number of carbonyl (C=O) groups is 1. The summed E-state index contributed by atoms with van der Waals surface area (Å²) in [5, 5.41) is 2.83. The molecule has 7 heteroatoms. The molecule has 2 aromatic rings. The Hall–Kier alpha value is -2.12. The van der Waals surface area contributed by atoms with E-state index in [1.807, 2.05) is 27.7 Å². The van der Waals surface area contributed by atoms with Gasteiger partial charge in [0, 0.05) is 5.54 Å². The number of furan rings is 1. The number of amides is 1. The van der Waals surface area contributed by atoms with Crippen LogP contribution in [0.4, 0.5) is 0 Å². The van der Waals surface area contributed by atoms with Crippen LogP contribution in [0.2, 0.25) is 0 Å². The van der Waals surface area contributed by atoms with E-state index in [4.69, 9.17) is 4.42 Å². The maximum Gasteiger partial charge on any atom is 0.241 e. The van der Waals surface area contributed by atoms with Gasteiger partial charge >= 0.3 is 0 Å². The van der Waals surface area contributed by atoms with E-state index in [2.05, 4.69) is 10.0 Å². The van der Waals surface area contributed by atoms with Crippen LogP contribution in [-0.4, -0.2) is 19.9 Å². The second-order valence-corrected chi connectivity index (χ2v) is 8.72. The molecule has 1 aromatic heterocycles. The smallest absolute Gasteiger partial charge is 0.241 e. The van der Waals surface area contributed by atoms with Gasteiger partial charge in [0.1, 0.15) is 5.76 Å². The monoisotopic (exact) mass is 364 g/mol. The molecular formula is C18H24N2O4S. The third-order valence-electron chi connectivity index (χ3n) is 3.42. The Labute approximate surface area is 148 Å².